The highest BCUT2D eigenvalue weighted by molar-refractivity contribution is 7.71. The van der Waals surface area contributed by atoms with Crippen molar-refractivity contribution in [1.82, 2.24) is 0 Å². The quantitative estimate of drug-likeness (QED) is 0.587. The Hall–Kier alpha value is -0.310. The first-order valence-corrected chi connectivity index (χ1v) is 4.77. The minimum atomic E-state index is -1.97. The Labute approximate surface area is 63.8 Å². The minimum absolute atomic E-state index is 0.253. The zero-order chi connectivity index (χ0) is 7.98. The van der Waals surface area contributed by atoms with Gasteiger partial charge in [-0.2, -0.15) is 8.42 Å². The summed E-state index contributed by atoms with van der Waals surface area (Å²) in [5, 5.41) is 1.39. The monoisotopic (exact) mass is 162 g/mol. The van der Waals surface area contributed by atoms with E-state index in [0.29, 0.717) is 0 Å². The maximum absolute atomic E-state index is 10.2. The average molecular weight is 162 g/mol. The summed E-state index contributed by atoms with van der Waals surface area (Å²) in [7, 11) is -1.97. The molecular formula is C7H14O2S. The van der Waals surface area contributed by atoms with Gasteiger partial charge in [0.25, 0.3) is 0 Å². The summed E-state index contributed by atoms with van der Waals surface area (Å²) in [6.45, 7) is 4.06. The molecule has 1 unspecified atom stereocenters. The lowest BCUT2D eigenvalue weighted by Crippen LogP contribution is -1.99. The molecule has 10 heavy (non-hydrogen) atoms. The molecule has 60 valence electrons. The Morgan fingerprint density at radius 2 is 2.00 bits per heavy atom. The van der Waals surface area contributed by atoms with E-state index in [1.807, 2.05) is 6.92 Å². The molecule has 0 amide bonds. The topological polar surface area (TPSA) is 34.1 Å². The van der Waals surface area contributed by atoms with Gasteiger partial charge >= 0.3 is 0 Å². The Morgan fingerprint density at radius 1 is 1.40 bits per heavy atom. The molecule has 0 aliphatic rings. The summed E-state index contributed by atoms with van der Waals surface area (Å²) in [4.78, 5) is 0. The molecule has 3 heteroatoms. The van der Waals surface area contributed by atoms with Crippen molar-refractivity contribution in [2.45, 2.75) is 33.1 Å². The van der Waals surface area contributed by atoms with Crippen LogP contribution < -0.4 is 0 Å². The molecule has 0 heterocycles. The summed E-state index contributed by atoms with van der Waals surface area (Å²) in [5.74, 6) is 0.253. The molecular weight excluding hydrogens is 148 g/mol. The molecule has 0 spiro atoms. The van der Waals surface area contributed by atoms with Crippen LogP contribution in [0.25, 0.3) is 0 Å². The predicted octanol–water partition coefficient (Wildman–Crippen LogP) is 1.49. The molecule has 0 aromatic carbocycles. The fourth-order valence-corrected chi connectivity index (χ4v) is 1.54. The van der Waals surface area contributed by atoms with Gasteiger partial charge in [-0.05, 0) is 18.8 Å². The van der Waals surface area contributed by atoms with Crippen LogP contribution >= 0.6 is 0 Å². The molecule has 1 atom stereocenters. The van der Waals surface area contributed by atoms with Crippen molar-refractivity contribution in [1.29, 1.82) is 0 Å². The van der Waals surface area contributed by atoms with E-state index in [9.17, 15) is 8.42 Å². The summed E-state index contributed by atoms with van der Waals surface area (Å²) in [6, 6.07) is 0. The first kappa shape index (κ1) is 9.69. The SMILES string of the molecule is CCCC(C=S(=O)=O)CC. The van der Waals surface area contributed by atoms with Gasteiger partial charge in [0, 0.05) is 5.37 Å². The van der Waals surface area contributed by atoms with E-state index < -0.39 is 10.3 Å². The third-order valence-corrected chi connectivity index (χ3v) is 2.09. The van der Waals surface area contributed by atoms with E-state index in [2.05, 4.69) is 6.92 Å². The Kier molecular flexibility index (Phi) is 5.30. The van der Waals surface area contributed by atoms with E-state index >= 15 is 0 Å². The van der Waals surface area contributed by atoms with Gasteiger partial charge in [0.15, 0.2) is 0 Å². The lowest BCUT2D eigenvalue weighted by Gasteiger charge is -2.03. The van der Waals surface area contributed by atoms with Crippen LogP contribution in [-0.4, -0.2) is 13.8 Å². The lowest BCUT2D eigenvalue weighted by atomic mass is 10.0. The third-order valence-electron chi connectivity index (χ3n) is 1.49. The molecule has 0 bridgehead atoms. The number of rotatable bonds is 4. The van der Waals surface area contributed by atoms with E-state index in [1.165, 1.54) is 5.37 Å². The van der Waals surface area contributed by atoms with E-state index in [0.717, 1.165) is 19.3 Å². The van der Waals surface area contributed by atoms with E-state index in [4.69, 9.17) is 0 Å². The van der Waals surface area contributed by atoms with Gasteiger partial charge in [0.05, 0.1) is 0 Å². The molecule has 0 N–H and O–H groups in total. The molecule has 0 aliphatic heterocycles. The maximum atomic E-state index is 10.2. The van der Waals surface area contributed by atoms with Crippen molar-refractivity contribution in [3.63, 3.8) is 0 Å². The molecule has 0 aromatic heterocycles. The highest BCUT2D eigenvalue weighted by Crippen LogP contribution is 2.06. The standard InChI is InChI=1S/C7H14O2S/c1-3-5-7(4-2)6-10(8)9/h6-7H,3-5H2,1-2H3. The molecule has 0 rings (SSSR count). The molecule has 0 aromatic rings. The third kappa shape index (κ3) is 4.56. The maximum Gasteiger partial charge on any atom is 0.210 e. The summed E-state index contributed by atoms with van der Waals surface area (Å²) in [6.07, 6.45) is 2.94. The molecule has 0 saturated heterocycles. The molecule has 0 radical (unpaired) electrons. The van der Waals surface area contributed by atoms with Gasteiger partial charge in [0.1, 0.15) is 0 Å². The largest absolute Gasteiger partial charge is 0.210 e. The van der Waals surface area contributed by atoms with Crippen molar-refractivity contribution in [3.05, 3.63) is 0 Å². The summed E-state index contributed by atoms with van der Waals surface area (Å²) >= 11 is 0. The average Bonchev–Trinajstić information content (AvgIpc) is 1.86. The normalized spacial score (nSPS) is 12.6. The van der Waals surface area contributed by atoms with Crippen LogP contribution in [0.15, 0.2) is 0 Å². The van der Waals surface area contributed by atoms with Gasteiger partial charge in [-0.1, -0.05) is 20.3 Å². The van der Waals surface area contributed by atoms with Crippen molar-refractivity contribution < 1.29 is 8.42 Å². The first-order valence-electron chi connectivity index (χ1n) is 3.63. The van der Waals surface area contributed by atoms with Crippen LogP contribution in [0, 0.1) is 5.92 Å². The lowest BCUT2D eigenvalue weighted by molar-refractivity contribution is 0.602. The number of hydrogen-bond donors (Lipinski definition) is 0. The molecule has 2 nitrogen and oxygen atoms in total. The van der Waals surface area contributed by atoms with Crippen molar-refractivity contribution in [2.75, 3.05) is 0 Å². The van der Waals surface area contributed by atoms with E-state index in [-0.39, 0.29) is 5.92 Å². The van der Waals surface area contributed by atoms with Crippen LogP contribution in [-0.2, 0) is 10.3 Å². The van der Waals surface area contributed by atoms with Gasteiger partial charge in [-0.25, -0.2) is 0 Å². The molecule has 0 fully saturated rings. The summed E-state index contributed by atoms with van der Waals surface area (Å²) in [5.41, 5.74) is 0. The van der Waals surface area contributed by atoms with Crippen LogP contribution in [0.5, 0.6) is 0 Å². The molecule has 0 saturated carbocycles. The van der Waals surface area contributed by atoms with Crippen LogP contribution in [0.3, 0.4) is 0 Å². The Bertz CT molecular complexity index is 184. The second kappa shape index (κ2) is 5.47. The first-order chi connectivity index (χ1) is 4.70. The van der Waals surface area contributed by atoms with Crippen molar-refractivity contribution >= 4 is 15.7 Å². The Morgan fingerprint density at radius 3 is 2.30 bits per heavy atom. The highest BCUT2D eigenvalue weighted by atomic mass is 32.2. The van der Waals surface area contributed by atoms with E-state index in [1.54, 1.807) is 0 Å². The van der Waals surface area contributed by atoms with Gasteiger partial charge in [-0.15, -0.1) is 0 Å². The summed E-state index contributed by atoms with van der Waals surface area (Å²) < 4.78 is 20.4. The van der Waals surface area contributed by atoms with Gasteiger partial charge in [-0.3, -0.25) is 0 Å². The van der Waals surface area contributed by atoms with Gasteiger partial charge in [0.2, 0.25) is 10.3 Å². The van der Waals surface area contributed by atoms with Crippen LogP contribution in [0.4, 0.5) is 0 Å². The fourth-order valence-electron chi connectivity index (χ4n) is 0.896. The highest BCUT2D eigenvalue weighted by Gasteiger charge is 1.99. The van der Waals surface area contributed by atoms with Gasteiger partial charge < -0.3 is 0 Å². The number of hydrogen-bond acceptors (Lipinski definition) is 2. The fraction of sp³-hybridized carbons (Fsp3) is 0.857. The second-order valence-corrected chi connectivity index (χ2v) is 3.15. The van der Waals surface area contributed by atoms with Crippen LogP contribution in [0.1, 0.15) is 33.1 Å². The van der Waals surface area contributed by atoms with Crippen molar-refractivity contribution in [3.8, 4) is 0 Å². The predicted molar refractivity (Wildman–Crippen MR) is 43.7 cm³/mol. The van der Waals surface area contributed by atoms with Crippen LogP contribution in [0.2, 0.25) is 0 Å². The molecule has 0 aliphatic carbocycles. The Balaban J connectivity index is 3.95. The smallest absolute Gasteiger partial charge is 0.185 e. The minimum Gasteiger partial charge on any atom is -0.185 e. The zero-order valence-electron chi connectivity index (χ0n) is 6.50. The zero-order valence-corrected chi connectivity index (χ0v) is 7.32. The van der Waals surface area contributed by atoms with Crippen molar-refractivity contribution in [2.24, 2.45) is 5.92 Å². The second-order valence-electron chi connectivity index (χ2n) is 2.35.